The molecule has 0 bridgehead atoms. The second-order valence-corrected chi connectivity index (χ2v) is 6.39. The number of hydrogen-bond acceptors (Lipinski definition) is 3. The zero-order chi connectivity index (χ0) is 16.7. The Hall–Kier alpha value is -2.48. The minimum absolute atomic E-state index is 0.585. The van der Waals surface area contributed by atoms with Crippen molar-refractivity contribution in [2.24, 2.45) is 0 Å². The molecule has 2 heterocycles. The number of anilines is 1. The molecule has 0 fully saturated rings. The average Bonchev–Trinajstić information content (AvgIpc) is 3.18. The zero-order valence-corrected chi connectivity index (χ0v) is 14.1. The lowest BCUT2D eigenvalue weighted by molar-refractivity contribution is 0.882. The van der Waals surface area contributed by atoms with Crippen LogP contribution < -0.4 is 5.32 Å². The van der Waals surface area contributed by atoms with Gasteiger partial charge in [-0.25, -0.2) is 4.68 Å². The van der Waals surface area contributed by atoms with Crippen LogP contribution in [-0.4, -0.2) is 16.3 Å². The number of rotatable bonds is 2. The standard InChI is InChI=1S/C18H12Cl2N4/c19-12-3-6-14(16(20)9-12)17-15-7-8-22-18(15)24(23-17)13-4-1-11(10-21)2-5-13/h1-6,9,22H,7-8H2. The lowest BCUT2D eigenvalue weighted by Crippen LogP contribution is -2.04. The van der Waals surface area contributed by atoms with Crippen LogP contribution in [0.1, 0.15) is 11.1 Å². The van der Waals surface area contributed by atoms with Crippen LogP contribution in [0.15, 0.2) is 42.5 Å². The number of benzene rings is 2. The zero-order valence-electron chi connectivity index (χ0n) is 12.6. The third kappa shape index (κ3) is 2.43. The van der Waals surface area contributed by atoms with Crippen molar-refractivity contribution in [2.75, 3.05) is 11.9 Å². The molecule has 2 aromatic carbocycles. The molecule has 1 aliphatic heterocycles. The number of aromatic nitrogens is 2. The third-order valence-electron chi connectivity index (χ3n) is 4.08. The number of hydrogen-bond donors (Lipinski definition) is 1. The molecule has 6 heteroatoms. The van der Waals surface area contributed by atoms with Crippen molar-refractivity contribution in [1.29, 1.82) is 5.26 Å². The fraction of sp³-hybridized carbons (Fsp3) is 0.111. The number of fused-ring (bicyclic) bond motifs is 1. The fourth-order valence-corrected chi connectivity index (χ4v) is 3.43. The lowest BCUT2D eigenvalue weighted by Gasteiger charge is -2.06. The molecule has 4 nitrogen and oxygen atoms in total. The van der Waals surface area contributed by atoms with E-state index in [0.29, 0.717) is 15.6 Å². The minimum Gasteiger partial charge on any atom is -0.369 e. The van der Waals surface area contributed by atoms with Gasteiger partial charge in [0.15, 0.2) is 0 Å². The first kappa shape index (κ1) is 15.1. The van der Waals surface area contributed by atoms with E-state index in [2.05, 4.69) is 11.4 Å². The van der Waals surface area contributed by atoms with Crippen LogP contribution in [0.5, 0.6) is 0 Å². The number of halogens is 2. The SMILES string of the molecule is N#Cc1ccc(-n2nc(-c3ccc(Cl)cc3Cl)c3c2NCC3)cc1. The summed E-state index contributed by atoms with van der Waals surface area (Å²) in [7, 11) is 0. The van der Waals surface area contributed by atoms with Gasteiger partial charge in [-0.15, -0.1) is 0 Å². The summed E-state index contributed by atoms with van der Waals surface area (Å²) in [6.07, 6.45) is 0.889. The molecule has 24 heavy (non-hydrogen) atoms. The van der Waals surface area contributed by atoms with Crippen molar-refractivity contribution in [1.82, 2.24) is 9.78 Å². The van der Waals surface area contributed by atoms with E-state index in [1.165, 1.54) is 0 Å². The number of nitrogens with one attached hydrogen (secondary N) is 1. The molecule has 0 radical (unpaired) electrons. The van der Waals surface area contributed by atoms with E-state index in [4.69, 9.17) is 33.6 Å². The summed E-state index contributed by atoms with van der Waals surface area (Å²) in [6, 6.07) is 14.9. The third-order valence-corrected chi connectivity index (χ3v) is 4.63. The summed E-state index contributed by atoms with van der Waals surface area (Å²) in [5, 5.41) is 18.3. The van der Waals surface area contributed by atoms with Crippen LogP contribution in [0.4, 0.5) is 5.82 Å². The van der Waals surface area contributed by atoms with Gasteiger partial charge < -0.3 is 5.32 Å². The molecule has 1 aromatic heterocycles. The van der Waals surface area contributed by atoms with E-state index in [-0.39, 0.29) is 0 Å². The van der Waals surface area contributed by atoms with E-state index in [0.717, 1.165) is 41.3 Å². The highest BCUT2D eigenvalue weighted by molar-refractivity contribution is 6.36. The summed E-state index contributed by atoms with van der Waals surface area (Å²) in [5.41, 5.74) is 4.39. The van der Waals surface area contributed by atoms with Crippen molar-refractivity contribution in [3.63, 3.8) is 0 Å². The van der Waals surface area contributed by atoms with E-state index in [1.807, 2.05) is 28.9 Å². The minimum atomic E-state index is 0.585. The average molecular weight is 355 g/mol. The van der Waals surface area contributed by atoms with Crippen molar-refractivity contribution in [3.05, 3.63) is 63.6 Å². The fourth-order valence-electron chi connectivity index (χ4n) is 2.94. The van der Waals surface area contributed by atoms with Crippen molar-refractivity contribution in [2.45, 2.75) is 6.42 Å². The molecule has 4 rings (SSSR count). The second-order valence-electron chi connectivity index (χ2n) is 5.55. The van der Waals surface area contributed by atoms with Gasteiger partial charge in [0.25, 0.3) is 0 Å². The van der Waals surface area contributed by atoms with Gasteiger partial charge in [-0.1, -0.05) is 23.2 Å². The highest BCUT2D eigenvalue weighted by Crippen LogP contribution is 2.38. The van der Waals surface area contributed by atoms with Gasteiger partial charge >= 0.3 is 0 Å². The predicted octanol–water partition coefficient (Wildman–Crippen LogP) is 4.69. The van der Waals surface area contributed by atoms with E-state index in [9.17, 15) is 0 Å². The maximum Gasteiger partial charge on any atom is 0.133 e. The molecule has 1 N–H and O–H groups in total. The molecule has 0 amide bonds. The first-order valence-electron chi connectivity index (χ1n) is 7.49. The molecule has 118 valence electrons. The molecule has 0 aliphatic carbocycles. The van der Waals surface area contributed by atoms with E-state index in [1.54, 1.807) is 18.2 Å². The van der Waals surface area contributed by atoms with E-state index < -0.39 is 0 Å². The van der Waals surface area contributed by atoms with Crippen LogP contribution in [0.3, 0.4) is 0 Å². The maximum absolute atomic E-state index is 8.95. The molecule has 0 saturated carbocycles. The Morgan fingerprint density at radius 3 is 2.62 bits per heavy atom. The van der Waals surface area contributed by atoms with Crippen LogP contribution in [-0.2, 0) is 6.42 Å². The Bertz CT molecular complexity index is 968. The van der Waals surface area contributed by atoms with Crippen LogP contribution in [0.2, 0.25) is 10.0 Å². The molecular weight excluding hydrogens is 343 g/mol. The highest BCUT2D eigenvalue weighted by atomic mass is 35.5. The Labute approximate surface area is 149 Å². The summed E-state index contributed by atoms with van der Waals surface area (Å²) in [6.45, 7) is 0.863. The predicted molar refractivity (Wildman–Crippen MR) is 95.9 cm³/mol. The van der Waals surface area contributed by atoms with Crippen molar-refractivity contribution in [3.8, 4) is 23.0 Å². The Morgan fingerprint density at radius 2 is 1.92 bits per heavy atom. The van der Waals surface area contributed by atoms with E-state index >= 15 is 0 Å². The molecule has 0 spiro atoms. The quantitative estimate of drug-likeness (QED) is 0.726. The van der Waals surface area contributed by atoms with Gasteiger partial charge in [0.1, 0.15) is 5.82 Å². The summed E-state index contributed by atoms with van der Waals surface area (Å²) < 4.78 is 1.86. The molecule has 0 unspecified atom stereocenters. The normalized spacial score (nSPS) is 12.5. The molecule has 1 aliphatic rings. The summed E-state index contributed by atoms with van der Waals surface area (Å²) in [5.74, 6) is 0.973. The Morgan fingerprint density at radius 1 is 1.12 bits per heavy atom. The van der Waals surface area contributed by atoms with Crippen molar-refractivity contribution >= 4 is 29.0 Å². The number of nitriles is 1. The first-order valence-corrected chi connectivity index (χ1v) is 8.24. The van der Waals surface area contributed by atoms with Gasteiger partial charge in [-0.2, -0.15) is 10.4 Å². The van der Waals surface area contributed by atoms with Gasteiger partial charge in [0.2, 0.25) is 0 Å². The van der Waals surface area contributed by atoms with Crippen molar-refractivity contribution < 1.29 is 0 Å². The topological polar surface area (TPSA) is 53.6 Å². The largest absolute Gasteiger partial charge is 0.369 e. The Balaban J connectivity index is 1.87. The summed E-state index contributed by atoms with van der Waals surface area (Å²) >= 11 is 12.4. The first-order chi connectivity index (χ1) is 11.7. The van der Waals surface area contributed by atoms with Gasteiger partial charge in [-0.05, 0) is 48.9 Å². The maximum atomic E-state index is 8.95. The van der Waals surface area contributed by atoms with Crippen LogP contribution >= 0.6 is 23.2 Å². The van der Waals surface area contributed by atoms with Crippen LogP contribution in [0.25, 0.3) is 16.9 Å². The van der Waals surface area contributed by atoms with Crippen LogP contribution in [0, 0.1) is 11.3 Å². The smallest absolute Gasteiger partial charge is 0.133 e. The molecule has 0 atom stereocenters. The van der Waals surface area contributed by atoms with Gasteiger partial charge in [0.05, 0.1) is 28.0 Å². The Kier molecular flexibility index (Phi) is 3.68. The monoisotopic (exact) mass is 354 g/mol. The second kappa shape index (κ2) is 5.86. The lowest BCUT2D eigenvalue weighted by atomic mass is 10.1. The van der Waals surface area contributed by atoms with Gasteiger partial charge in [0, 0.05) is 22.7 Å². The molecule has 3 aromatic rings. The van der Waals surface area contributed by atoms with Gasteiger partial charge in [-0.3, -0.25) is 0 Å². The molecular formula is C18H12Cl2N4. The summed E-state index contributed by atoms with van der Waals surface area (Å²) in [4.78, 5) is 0. The highest BCUT2D eigenvalue weighted by Gasteiger charge is 2.25. The molecule has 0 saturated heterocycles. The number of nitrogens with zero attached hydrogens (tertiary/aromatic N) is 3.